The van der Waals surface area contributed by atoms with E-state index in [2.05, 4.69) is 10.6 Å². The molecule has 0 aliphatic carbocycles. The minimum Gasteiger partial charge on any atom is -0.478 e. The van der Waals surface area contributed by atoms with Crippen molar-refractivity contribution < 1.29 is 24.6 Å². The molecule has 0 heterocycles. The van der Waals surface area contributed by atoms with E-state index < -0.39 is 18.0 Å². The third-order valence-electron chi connectivity index (χ3n) is 2.52. The molecule has 1 unspecified atom stereocenters. The Labute approximate surface area is 109 Å². The number of carbonyl (C=O) groups excluding carboxylic acids is 1. The van der Waals surface area contributed by atoms with Crippen LogP contribution in [0.15, 0.2) is 18.2 Å². The molecule has 1 aromatic carbocycles. The third kappa shape index (κ3) is 3.78. The van der Waals surface area contributed by atoms with Crippen LogP contribution in [0, 0.1) is 0 Å². The van der Waals surface area contributed by atoms with Crippen LogP contribution in [0.1, 0.15) is 27.6 Å². The van der Waals surface area contributed by atoms with Gasteiger partial charge in [0, 0.05) is 5.69 Å². The lowest BCUT2D eigenvalue weighted by molar-refractivity contribution is -0.117. The summed E-state index contributed by atoms with van der Waals surface area (Å²) in [5.74, 6) is -2.91. The minimum atomic E-state index is -1.26. The fourth-order valence-corrected chi connectivity index (χ4v) is 1.33. The van der Waals surface area contributed by atoms with Crippen molar-refractivity contribution in [1.82, 2.24) is 5.32 Å². The molecule has 19 heavy (non-hydrogen) atoms. The van der Waals surface area contributed by atoms with Crippen molar-refractivity contribution in [3.8, 4) is 0 Å². The molecule has 0 bridgehead atoms. The maximum absolute atomic E-state index is 11.6. The van der Waals surface area contributed by atoms with Crippen LogP contribution in [0.25, 0.3) is 0 Å². The average molecular weight is 266 g/mol. The Hall–Kier alpha value is -2.41. The van der Waals surface area contributed by atoms with Gasteiger partial charge in [0.15, 0.2) is 0 Å². The number of amides is 1. The fourth-order valence-electron chi connectivity index (χ4n) is 1.33. The lowest BCUT2D eigenvalue weighted by atomic mass is 10.1. The van der Waals surface area contributed by atoms with Crippen molar-refractivity contribution in [2.45, 2.75) is 13.0 Å². The number of benzene rings is 1. The first kappa shape index (κ1) is 14.7. The van der Waals surface area contributed by atoms with E-state index in [4.69, 9.17) is 10.2 Å². The summed E-state index contributed by atoms with van der Waals surface area (Å²) in [5.41, 5.74) is -0.274. The Bertz CT molecular complexity index is 495. The zero-order valence-electron chi connectivity index (χ0n) is 10.4. The molecule has 1 atom stereocenters. The van der Waals surface area contributed by atoms with Gasteiger partial charge in [-0.2, -0.15) is 0 Å². The first-order chi connectivity index (χ1) is 8.85. The number of carboxylic acids is 2. The molecular formula is C12H14N2O5. The lowest BCUT2D eigenvalue weighted by Gasteiger charge is -2.12. The fraction of sp³-hybridized carbons (Fsp3) is 0.250. The number of hydrogen-bond donors (Lipinski definition) is 4. The summed E-state index contributed by atoms with van der Waals surface area (Å²) in [5, 5.41) is 22.9. The van der Waals surface area contributed by atoms with E-state index in [0.717, 1.165) is 6.07 Å². The van der Waals surface area contributed by atoms with Gasteiger partial charge in [-0.15, -0.1) is 0 Å². The standard InChI is InChI=1S/C12H14N2O5/c1-6(13-2)10(15)14-9-4-7(11(16)17)3-8(5-9)12(18)19/h3-6,13H,1-2H3,(H,14,15)(H,16,17)(H,18,19). The molecule has 0 aliphatic rings. The Morgan fingerprint density at radius 2 is 1.53 bits per heavy atom. The van der Waals surface area contributed by atoms with E-state index in [1.807, 2.05) is 0 Å². The largest absolute Gasteiger partial charge is 0.478 e. The summed E-state index contributed by atoms with van der Waals surface area (Å²) in [6.45, 7) is 1.62. The van der Waals surface area contributed by atoms with Crippen LogP contribution < -0.4 is 10.6 Å². The predicted molar refractivity (Wildman–Crippen MR) is 67.5 cm³/mol. The normalized spacial score (nSPS) is 11.7. The SMILES string of the molecule is CNC(C)C(=O)Nc1cc(C(=O)O)cc(C(=O)O)c1. The van der Waals surface area contributed by atoms with Crippen LogP contribution in [-0.4, -0.2) is 41.1 Å². The van der Waals surface area contributed by atoms with Crippen molar-refractivity contribution in [3.63, 3.8) is 0 Å². The van der Waals surface area contributed by atoms with Crippen LogP contribution in [0.5, 0.6) is 0 Å². The highest BCUT2D eigenvalue weighted by molar-refractivity contribution is 5.99. The van der Waals surface area contributed by atoms with E-state index in [0.29, 0.717) is 0 Å². The van der Waals surface area contributed by atoms with Gasteiger partial charge < -0.3 is 20.8 Å². The van der Waals surface area contributed by atoms with Gasteiger partial charge in [0.1, 0.15) is 0 Å². The molecule has 0 aliphatic heterocycles. The van der Waals surface area contributed by atoms with E-state index in [1.54, 1.807) is 14.0 Å². The monoisotopic (exact) mass is 266 g/mol. The Morgan fingerprint density at radius 3 is 1.89 bits per heavy atom. The van der Waals surface area contributed by atoms with Crippen LogP contribution in [0.4, 0.5) is 5.69 Å². The summed E-state index contributed by atoms with van der Waals surface area (Å²) in [4.78, 5) is 33.4. The molecule has 0 saturated carbocycles. The third-order valence-corrected chi connectivity index (χ3v) is 2.52. The lowest BCUT2D eigenvalue weighted by Crippen LogP contribution is -2.35. The summed E-state index contributed by atoms with van der Waals surface area (Å²) in [6.07, 6.45) is 0. The number of nitrogens with one attached hydrogen (secondary N) is 2. The molecule has 7 nitrogen and oxygen atoms in total. The Kier molecular flexibility index (Phi) is 4.60. The van der Waals surface area contributed by atoms with Crippen molar-refractivity contribution >= 4 is 23.5 Å². The molecule has 4 N–H and O–H groups in total. The molecule has 1 aromatic rings. The van der Waals surface area contributed by atoms with Gasteiger partial charge in [-0.25, -0.2) is 9.59 Å². The van der Waals surface area contributed by atoms with E-state index in [1.165, 1.54) is 12.1 Å². The highest BCUT2D eigenvalue weighted by Crippen LogP contribution is 2.16. The number of aromatic carboxylic acids is 2. The first-order valence-corrected chi connectivity index (χ1v) is 5.45. The number of rotatable bonds is 5. The van der Waals surface area contributed by atoms with Crippen molar-refractivity contribution in [1.29, 1.82) is 0 Å². The highest BCUT2D eigenvalue weighted by Gasteiger charge is 2.15. The zero-order valence-corrected chi connectivity index (χ0v) is 10.4. The molecule has 0 radical (unpaired) electrons. The molecule has 0 spiro atoms. The summed E-state index contributed by atoms with van der Waals surface area (Å²) >= 11 is 0. The Balaban J connectivity index is 3.10. The van der Waals surface area contributed by atoms with Gasteiger partial charge in [0.25, 0.3) is 0 Å². The van der Waals surface area contributed by atoms with E-state index >= 15 is 0 Å². The van der Waals surface area contributed by atoms with Crippen LogP contribution >= 0.6 is 0 Å². The number of carbonyl (C=O) groups is 3. The second-order valence-corrected chi connectivity index (χ2v) is 3.91. The summed E-state index contributed by atoms with van der Waals surface area (Å²) in [6, 6.07) is 2.95. The molecule has 0 fully saturated rings. The number of hydrogen-bond acceptors (Lipinski definition) is 4. The second kappa shape index (κ2) is 5.96. The second-order valence-electron chi connectivity index (χ2n) is 3.91. The smallest absolute Gasteiger partial charge is 0.335 e. The van der Waals surface area contributed by atoms with E-state index in [-0.39, 0.29) is 22.7 Å². The minimum absolute atomic E-state index is 0.129. The average Bonchev–Trinajstić information content (AvgIpc) is 2.37. The number of likely N-dealkylation sites (N-methyl/N-ethyl adjacent to an activating group) is 1. The van der Waals surface area contributed by atoms with Crippen molar-refractivity contribution in [3.05, 3.63) is 29.3 Å². The zero-order chi connectivity index (χ0) is 14.6. The summed E-state index contributed by atoms with van der Waals surface area (Å²) < 4.78 is 0. The molecule has 102 valence electrons. The summed E-state index contributed by atoms with van der Waals surface area (Å²) in [7, 11) is 1.60. The van der Waals surface area contributed by atoms with Crippen LogP contribution in [-0.2, 0) is 4.79 Å². The van der Waals surface area contributed by atoms with Crippen LogP contribution in [0.2, 0.25) is 0 Å². The molecule has 0 aromatic heterocycles. The van der Waals surface area contributed by atoms with Gasteiger partial charge >= 0.3 is 11.9 Å². The van der Waals surface area contributed by atoms with E-state index in [9.17, 15) is 14.4 Å². The van der Waals surface area contributed by atoms with Gasteiger partial charge in [-0.1, -0.05) is 0 Å². The van der Waals surface area contributed by atoms with Crippen molar-refractivity contribution in [2.75, 3.05) is 12.4 Å². The number of carboxylic acid groups (broad SMARTS) is 2. The Morgan fingerprint density at radius 1 is 1.05 bits per heavy atom. The predicted octanol–water partition coefficient (Wildman–Crippen LogP) is 0.629. The van der Waals surface area contributed by atoms with Gasteiger partial charge in [0.2, 0.25) is 5.91 Å². The highest BCUT2D eigenvalue weighted by atomic mass is 16.4. The van der Waals surface area contributed by atoms with Gasteiger partial charge in [-0.05, 0) is 32.2 Å². The quantitative estimate of drug-likeness (QED) is 0.621. The maximum atomic E-state index is 11.6. The van der Waals surface area contributed by atoms with Crippen LogP contribution in [0.3, 0.4) is 0 Å². The maximum Gasteiger partial charge on any atom is 0.335 e. The van der Waals surface area contributed by atoms with Gasteiger partial charge in [-0.3, -0.25) is 4.79 Å². The molecule has 0 saturated heterocycles. The molecule has 1 amide bonds. The van der Waals surface area contributed by atoms with Gasteiger partial charge in [0.05, 0.1) is 17.2 Å². The number of anilines is 1. The van der Waals surface area contributed by atoms with Crippen molar-refractivity contribution in [2.24, 2.45) is 0 Å². The molecule has 1 rings (SSSR count). The molecule has 7 heteroatoms. The topological polar surface area (TPSA) is 116 Å². The first-order valence-electron chi connectivity index (χ1n) is 5.45. The molecular weight excluding hydrogens is 252 g/mol.